The summed E-state index contributed by atoms with van der Waals surface area (Å²) in [6.07, 6.45) is 9.28. The number of hydrogen-bond donors (Lipinski definition) is 0. The van der Waals surface area contributed by atoms with Gasteiger partial charge in [0.1, 0.15) is 0 Å². The van der Waals surface area contributed by atoms with Gasteiger partial charge in [-0.25, -0.2) is 0 Å². The third-order valence-corrected chi connectivity index (χ3v) is 3.98. The summed E-state index contributed by atoms with van der Waals surface area (Å²) in [5.74, 6) is 0.546. The Morgan fingerprint density at radius 2 is 1.57 bits per heavy atom. The molecule has 0 spiro atoms. The van der Waals surface area contributed by atoms with Crippen molar-refractivity contribution >= 4 is 0 Å². The second kappa shape index (κ2) is 8.46. The average molecular weight is 278 g/mol. The Morgan fingerprint density at radius 1 is 0.857 bits per heavy atom. The van der Waals surface area contributed by atoms with Crippen LogP contribution in [0.2, 0.25) is 0 Å². The van der Waals surface area contributed by atoms with Crippen molar-refractivity contribution < 1.29 is 0 Å². The van der Waals surface area contributed by atoms with Gasteiger partial charge in [0.25, 0.3) is 0 Å². The van der Waals surface area contributed by atoms with Crippen molar-refractivity contribution in [1.82, 2.24) is 0 Å². The Morgan fingerprint density at radius 3 is 2.19 bits per heavy atom. The van der Waals surface area contributed by atoms with Gasteiger partial charge in [0.05, 0.1) is 0 Å². The summed E-state index contributed by atoms with van der Waals surface area (Å²) in [7, 11) is 0. The van der Waals surface area contributed by atoms with Crippen LogP contribution in [0.1, 0.15) is 49.3 Å². The van der Waals surface area contributed by atoms with E-state index in [0.29, 0.717) is 5.92 Å². The van der Waals surface area contributed by atoms with E-state index in [4.69, 9.17) is 0 Å². The number of aryl methyl sites for hydroxylation is 1. The highest BCUT2D eigenvalue weighted by Crippen LogP contribution is 2.23. The molecule has 1 atom stereocenters. The quantitative estimate of drug-likeness (QED) is 0.550. The fourth-order valence-corrected chi connectivity index (χ4v) is 2.67. The Kier molecular flexibility index (Phi) is 6.27. The Hall–Kier alpha value is -1.82. The largest absolute Gasteiger partial charge is 0.0835 e. The lowest BCUT2D eigenvalue weighted by Crippen LogP contribution is -1.96. The van der Waals surface area contributed by atoms with Gasteiger partial charge in [0, 0.05) is 5.92 Å². The molecule has 0 N–H and O–H groups in total. The molecule has 0 saturated heterocycles. The average Bonchev–Trinajstić information content (AvgIpc) is 2.55. The highest BCUT2D eigenvalue weighted by atomic mass is 14.1. The molecule has 1 unspecified atom stereocenters. The van der Waals surface area contributed by atoms with E-state index in [2.05, 4.69) is 80.6 Å². The maximum Gasteiger partial charge on any atom is 0.00179 e. The van der Waals surface area contributed by atoms with Crippen LogP contribution in [0.5, 0.6) is 0 Å². The molecule has 2 aromatic rings. The predicted octanol–water partition coefficient (Wildman–Crippen LogP) is 5.93. The zero-order valence-electron chi connectivity index (χ0n) is 13.3. The van der Waals surface area contributed by atoms with Crippen LogP contribution in [-0.4, -0.2) is 0 Å². The van der Waals surface area contributed by atoms with Gasteiger partial charge in [-0.1, -0.05) is 87.0 Å². The molecule has 0 fully saturated rings. The molecule has 2 aromatic carbocycles. The first-order valence-corrected chi connectivity index (χ1v) is 8.13. The van der Waals surface area contributed by atoms with Crippen molar-refractivity contribution in [3.05, 3.63) is 83.4 Å². The maximum atomic E-state index is 2.39. The summed E-state index contributed by atoms with van der Waals surface area (Å²) in [4.78, 5) is 0. The Labute approximate surface area is 129 Å². The molecular weight excluding hydrogens is 252 g/mol. The van der Waals surface area contributed by atoms with E-state index in [-0.39, 0.29) is 0 Å². The summed E-state index contributed by atoms with van der Waals surface area (Å²) in [5, 5.41) is 0. The molecule has 0 aromatic heterocycles. The molecule has 0 nitrogen and oxygen atoms in total. The van der Waals surface area contributed by atoms with Crippen LogP contribution in [-0.2, 0) is 12.8 Å². The lowest BCUT2D eigenvalue weighted by Gasteiger charge is -2.13. The van der Waals surface area contributed by atoms with E-state index in [9.17, 15) is 0 Å². The second-order valence-electron chi connectivity index (χ2n) is 5.61. The van der Waals surface area contributed by atoms with Crippen molar-refractivity contribution in [2.24, 2.45) is 0 Å². The van der Waals surface area contributed by atoms with Crippen LogP contribution in [0, 0.1) is 0 Å². The molecule has 0 radical (unpaired) electrons. The first-order valence-electron chi connectivity index (χ1n) is 8.13. The van der Waals surface area contributed by atoms with Gasteiger partial charge in [-0.15, -0.1) is 0 Å². The lowest BCUT2D eigenvalue weighted by atomic mass is 9.92. The molecular formula is C21H26. The highest BCUT2D eigenvalue weighted by molar-refractivity contribution is 5.28. The Balaban J connectivity index is 2.03. The normalized spacial score (nSPS) is 12.7. The monoisotopic (exact) mass is 278 g/mol. The molecule has 2 rings (SSSR count). The van der Waals surface area contributed by atoms with Crippen LogP contribution in [0.4, 0.5) is 0 Å². The molecule has 0 aliphatic rings. The fourth-order valence-electron chi connectivity index (χ4n) is 2.67. The Bertz CT molecular complexity index is 534. The third-order valence-electron chi connectivity index (χ3n) is 3.98. The van der Waals surface area contributed by atoms with Gasteiger partial charge in [-0.3, -0.25) is 0 Å². The molecule has 0 bridgehead atoms. The van der Waals surface area contributed by atoms with Gasteiger partial charge in [-0.05, 0) is 36.0 Å². The van der Waals surface area contributed by atoms with E-state index in [1.54, 1.807) is 0 Å². The molecule has 110 valence electrons. The van der Waals surface area contributed by atoms with E-state index in [1.165, 1.54) is 29.5 Å². The summed E-state index contributed by atoms with van der Waals surface area (Å²) < 4.78 is 0. The van der Waals surface area contributed by atoms with Crippen molar-refractivity contribution in [1.29, 1.82) is 0 Å². The standard InChI is InChI=1S/C21H26/c1-3-9-20(21-16-14-18(4-2)15-17-21)13-8-12-19-10-6-5-7-11-19/h5-8,10-11,13-17,20H,3-4,9,12H2,1-2H3. The molecule has 0 saturated carbocycles. The number of allylic oxidation sites excluding steroid dienone is 2. The van der Waals surface area contributed by atoms with Gasteiger partial charge in [0.15, 0.2) is 0 Å². The summed E-state index contributed by atoms with van der Waals surface area (Å²) in [6.45, 7) is 4.47. The van der Waals surface area contributed by atoms with E-state index >= 15 is 0 Å². The van der Waals surface area contributed by atoms with Crippen LogP contribution in [0.15, 0.2) is 66.7 Å². The van der Waals surface area contributed by atoms with Crippen molar-refractivity contribution in [2.75, 3.05) is 0 Å². The second-order valence-corrected chi connectivity index (χ2v) is 5.61. The minimum atomic E-state index is 0.546. The summed E-state index contributed by atoms with van der Waals surface area (Å²) >= 11 is 0. The first-order chi connectivity index (χ1) is 10.3. The zero-order chi connectivity index (χ0) is 14.9. The van der Waals surface area contributed by atoms with Crippen molar-refractivity contribution in [3.8, 4) is 0 Å². The summed E-state index contributed by atoms with van der Waals surface area (Å²) in [5.41, 5.74) is 4.24. The van der Waals surface area contributed by atoms with Crippen molar-refractivity contribution in [3.63, 3.8) is 0 Å². The smallest absolute Gasteiger partial charge is 0.00179 e. The molecule has 0 heterocycles. The van der Waals surface area contributed by atoms with E-state index in [0.717, 1.165) is 12.8 Å². The van der Waals surface area contributed by atoms with Gasteiger partial charge in [0.2, 0.25) is 0 Å². The lowest BCUT2D eigenvalue weighted by molar-refractivity contribution is 0.715. The van der Waals surface area contributed by atoms with Crippen LogP contribution < -0.4 is 0 Å². The van der Waals surface area contributed by atoms with E-state index < -0.39 is 0 Å². The van der Waals surface area contributed by atoms with E-state index in [1.807, 2.05) is 0 Å². The minimum absolute atomic E-state index is 0.546. The SMILES string of the molecule is CCCC(C=CCc1ccccc1)c1ccc(CC)cc1. The van der Waals surface area contributed by atoms with Crippen LogP contribution >= 0.6 is 0 Å². The minimum Gasteiger partial charge on any atom is -0.0835 e. The molecule has 0 aliphatic carbocycles. The number of benzene rings is 2. The van der Waals surface area contributed by atoms with Crippen molar-refractivity contribution in [2.45, 2.75) is 45.4 Å². The van der Waals surface area contributed by atoms with Crippen LogP contribution in [0.3, 0.4) is 0 Å². The molecule has 21 heavy (non-hydrogen) atoms. The molecule has 0 aliphatic heterocycles. The van der Waals surface area contributed by atoms with Gasteiger partial charge in [-0.2, -0.15) is 0 Å². The predicted molar refractivity (Wildman–Crippen MR) is 92.8 cm³/mol. The molecule has 0 heteroatoms. The highest BCUT2D eigenvalue weighted by Gasteiger charge is 2.06. The number of hydrogen-bond acceptors (Lipinski definition) is 0. The number of rotatable bonds is 7. The molecule has 0 amide bonds. The first kappa shape index (κ1) is 15.6. The van der Waals surface area contributed by atoms with Gasteiger partial charge >= 0.3 is 0 Å². The third kappa shape index (κ3) is 4.90. The topological polar surface area (TPSA) is 0 Å². The zero-order valence-corrected chi connectivity index (χ0v) is 13.3. The van der Waals surface area contributed by atoms with Gasteiger partial charge < -0.3 is 0 Å². The maximum absolute atomic E-state index is 2.39. The van der Waals surface area contributed by atoms with Crippen LogP contribution in [0.25, 0.3) is 0 Å². The summed E-state index contributed by atoms with van der Waals surface area (Å²) in [6, 6.07) is 19.8. The fraction of sp³-hybridized carbons (Fsp3) is 0.333.